The minimum absolute atomic E-state index is 0.250. The lowest BCUT2D eigenvalue weighted by Crippen LogP contribution is -2.61. The largest absolute Gasteiger partial charge is 0.357 e. The number of hydrogen-bond acceptors (Lipinski definition) is 2. The fourth-order valence-electron chi connectivity index (χ4n) is 5.63. The van der Waals surface area contributed by atoms with Gasteiger partial charge in [-0.05, 0) is 49.8 Å². The highest BCUT2D eigenvalue weighted by atomic mass is 16.1. The molecule has 1 aromatic carbocycles. The van der Waals surface area contributed by atoms with Crippen LogP contribution in [0.25, 0.3) is 10.9 Å². The van der Waals surface area contributed by atoms with Crippen LogP contribution in [0.5, 0.6) is 0 Å². The highest BCUT2D eigenvalue weighted by Crippen LogP contribution is 2.51. The van der Waals surface area contributed by atoms with E-state index in [0.717, 1.165) is 32.4 Å². The average Bonchev–Trinajstić information content (AvgIpc) is 2.93. The Balaban J connectivity index is 1.81. The summed E-state index contributed by atoms with van der Waals surface area (Å²) < 4.78 is 0. The molecule has 3 nitrogen and oxygen atoms in total. The molecule has 0 spiro atoms. The summed E-state index contributed by atoms with van der Waals surface area (Å²) in [6, 6.07) is 6.86. The number of carbonyl (C=O) groups excluding carboxylic acids is 1. The maximum absolute atomic E-state index is 12.5. The van der Waals surface area contributed by atoms with Crippen molar-refractivity contribution in [2.45, 2.75) is 44.6 Å². The van der Waals surface area contributed by atoms with Crippen LogP contribution in [0.15, 0.2) is 29.8 Å². The minimum atomic E-state index is -0.387. The van der Waals surface area contributed by atoms with Crippen molar-refractivity contribution in [2.24, 2.45) is 5.92 Å². The van der Waals surface area contributed by atoms with Crippen LogP contribution in [0.2, 0.25) is 0 Å². The summed E-state index contributed by atoms with van der Waals surface area (Å²) in [5.74, 6) is 0.509. The first-order valence-corrected chi connectivity index (χ1v) is 9.19. The number of benzene rings is 1. The monoisotopic (exact) mass is 320 g/mol. The normalized spacial score (nSPS) is 33.9. The first-order chi connectivity index (χ1) is 11.7. The van der Waals surface area contributed by atoms with Crippen LogP contribution in [0, 0.1) is 12.8 Å². The third-order valence-corrected chi connectivity index (χ3v) is 6.52. The molecule has 1 saturated heterocycles. The van der Waals surface area contributed by atoms with Crippen LogP contribution in [-0.2, 0) is 16.6 Å². The second kappa shape index (κ2) is 4.82. The second-order valence-corrected chi connectivity index (χ2v) is 7.89. The number of fused-ring (bicyclic) bond motifs is 3. The summed E-state index contributed by atoms with van der Waals surface area (Å²) in [6.07, 6.45) is 6.77. The zero-order valence-corrected chi connectivity index (χ0v) is 14.4. The zero-order valence-electron chi connectivity index (χ0n) is 14.4. The molecule has 3 heteroatoms. The third-order valence-electron chi connectivity index (χ3n) is 6.52. The van der Waals surface area contributed by atoms with E-state index in [4.69, 9.17) is 0 Å². The molecular weight excluding hydrogens is 296 g/mol. The van der Waals surface area contributed by atoms with Gasteiger partial charge in [0.25, 0.3) is 0 Å². The number of aromatic amines is 1. The van der Waals surface area contributed by atoms with Gasteiger partial charge in [-0.2, -0.15) is 0 Å². The molecule has 1 N–H and O–H groups in total. The molecular formula is C21H24N2O. The number of carbonyl (C=O) groups is 1. The molecule has 1 fully saturated rings. The maximum atomic E-state index is 12.5. The van der Waals surface area contributed by atoms with Crippen LogP contribution < -0.4 is 0 Å². The second-order valence-electron chi connectivity index (χ2n) is 7.89. The predicted molar refractivity (Wildman–Crippen MR) is 96.3 cm³/mol. The summed E-state index contributed by atoms with van der Waals surface area (Å²) in [4.78, 5) is 18.8. The van der Waals surface area contributed by atoms with Crippen molar-refractivity contribution in [3.8, 4) is 0 Å². The quantitative estimate of drug-likeness (QED) is 0.679. The smallest absolute Gasteiger partial charge is 0.133 e. The Morgan fingerprint density at radius 3 is 3.08 bits per heavy atom. The lowest BCUT2D eigenvalue weighted by molar-refractivity contribution is -0.117. The van der Waals surface area contributed by atoms with Crippen molar-refractivity contribution in [3.05, 3.63) is 46.7 Å². The third kappa shape index (κ3) is 1.68. The van der Waals surface area contributed by atoms with Crippen LogP contribution >= 0.6 is 0 Å². The molecule has 3 aliphatic heterocycles. The highest BCUT2D eigenvalue weighted by Gasteiger charge is 2.55. The number of nitrogens with one attached hydrogen (secondary N) is 1. The summed E-state index contributed by atoms with van der Waals surface area (Å²) >= 11 is 0. The molecule has 2 aromatic rings. The van der Waals surface area contributed by atoms with Gasteiger partial charge in [-0.25, -0.2) is 0 Å². The van der Waals surface area contributed by atoms with Gasteiger partial charge in [0.1, 0.15) is 6.29 Å². The number of nitrogens with zero attached hydrogens (tertiary/aromatic N) is 1. The van der Waals surface area contributed by atoms with Crippen LogP contribution in [0.4, 0.5) is 0 Å². The van der Waals surface area contributed by atoms with Gasteiger partial charge in [0, 0.05) is 35.7 Å². The van der Waals surface area contributed by atoms with E-state index in [-0.39, 0.29) is 11.5 Å². The maximum Gasteiger partial charge on any atom is 0.133 e. The molecule has 6 rings (SSSR count). The number of aromatic nitrogens is 1. The molecule has 0 amide bonds. The Morgan fingerprint density at radius 2 is 2.29 bits per heavy atom. The summed E-state index contributed by atoms with van der Waals surface area (Å²) in [5.41, 5.74) is 6.13. The predicted octanol–water partition coefficient (Wildman–Crippen LogP) is 3.51. The van der Waals surface area contributed by atoms with E-state index in [2.05, 4.69) is 48.0 Å². The van der Waals surface area contributed by atoms with Crippen molar-refractivity contribution in [3.63, 3.8) is 0 Å². The Labute approximate surface area is 142 Å². The van der Waals surface area contributed by atoms with Crippen molar-refractivity contribution < 1.29 is 4.79 Å². The van der Waals surface area contributed by atoms with Crippen molar-refractivity contribution in [1.29, 1.82) is 0 Å². The van der Waals surface area contributed by atoms with E-state index in [1.807, 2.05) is 0 Å². The van der Waals surface area contributed by atoms with Gasteiger partial charge in [0.2, 0.25) is 0 Å². The molecule has 4 heterocycles. The fraction of sp³-hybridized carbons (Fsp3) is 0.476. The lowest BCUT2D eigenvalue weighted by Gasteiger charge is -2.53. The van der Waals surface area contributed by atoms with E-state index in [9.17, 15) is 4.79 Å². The molecule has 1 aliphatic carbocycles. The Bertz CT molecular complexity index is 877. The Kier molecular flexibility index (Phi) is 2.91. The molecule has 4 atom stereocenters. The number of H-pyrrole nitrogens is 1. The molecule has 4 aliphatic rings. The van der Waals surface area contributed by atoms with Gasteiger partial charge in [0.15, 0.2) is 0 Å². The summed E-state index contributed by atoms with van der Waals surface area (Å²) in [5, 5.41) is 1.32. The van der Waals surface area contributed by atoms with Crippen LogP contribution in [-0.4, -0.2) is 35.3 Å². The molecule has 4 bridgehead atoms. The standard InChI is InChI=1S/C21H24N2O/c1-3-15-9-14-10-21(12-24)19-16(6-7-23(11-14)20(15)21)17-8-13(2)4-5-18(17)22-19/h4-5,8-9,12,14,20,22H,3,6-7,10-11H2,1-2H3. The lowest BCUT2D eigenvalue weighted by atomic mass is 9.61. The fourth-order valence-corrected chi connectivity index (χ4v) is 5.63. The van der Waals surface area contributed by atoms with E-state index in [1.165, 1.54) is 39.6 Å². The van der Waals surface area contributed by atoms with Crippen LogP contribution in [0.3, 0.4) is 0 Å². The van der Waals surface area contributed by atoms with Gasteiger partial charge in [-0.15, -0.1) is 0 Å². The number of aldehydes is 1. The zero-order chi connectivity index (χ0) is 16.5. The van der Waals surface area contributed by atoms with Crippen LogP contribution in [0.1, 0.15) is 36.6 Å². The topological polar surface area (TPSA) is 36.1 Å². The molecule has 4 unspecified atom stereocenters. The van der Waals surface area contributed by atoms with Gasteiger partial charge < -0.3 is 9.78 Å². The van der Waals surface area contributed by atoms with Crippen molar-refractivity contribution >= 4 is 17.2 Å². The number of hydrogen-bond donors (Lipinski definition) is 1. The first-order valence-electron chi connectivity index (χ1n) is 9.19. The van der Waals surface area contributed by atoms with E-state index in [0.29, 0.717) is 5.92 Å². The number of rotatable bonds is 2. The Morgan fingerprint density at radius 1 is 1.42 bits per heavy atom. The molecule has 124 valence electrons. The van der Waals surface area contributed by atoms with Gasteiger partial charge in [0.05, 0.1) is 5.41 Å². The van der Waals surface area contributed by atoms with Crippen molar-refractivity contribution in [1.82, 2.24) is 9.88 Å². The van der Waals surface area contributed by atoms with Gasteiger partial charge in [-0.1, -0.05) is 30.2 Å². The van der Waals surface area contributed by atoms with E-state index >= 15 is 0 Å². The van der Waals surface area contributed by atoms with Gasteiger partial charge in [-0.3, -0.25) is 4.90 Å². The van der Waals surface area contributed by atoms with Gasteiger partial charge >= 0.3 is 0 Å². The van der Waals surface area contributed by atoms with E-state index < -0.39 is 0 Å². The SMILES string of the molecule is CCC1=CC2CN3CCc4c([nH]c5ccc(C)cc45)C(C=O)(C2)C13. The first kappa shape index (κ1) is 14.5. The molecule has 0 saturated carbocycles. The highest BCUT2D eigenvalue weighted by molar-refractivity contribution is 5.88. The minimum Gasteiger partial charge on any atom is -0.357 e. The number of aryl methyl sites for hydroxylation is 1. The Hall–Kier alpha value is -1.87. The molecule has 24 heavy (non-hydrogen) atoms. The average molecular weight is 320 g/mol. The molecule has 0 radical (unpaired) electrons. The summed E-state index contributed by atoms with van der Waals surface area (Å²) in [7, 11) is 0. The molecule has 1 aromatic heterocycles. The number of piperidine rings is 1. The van der Waals surface area contributed by atoms with E-state index in [1.54, 1.807) is 0 Å². The van der Waals surface area contributed by atoms with Crippen molar-refractivity contribution in [2.75, 3.05) is 13.1 Å². The summed E-state index contributed by atoms with van der Waals surface area (Å²) in [6.45, 7) is 6.55.